The van der Waals surface area contributed by atoms with Gasteiger partial charge in [-0.3, -0.25) is 14.5 Å². The maximum Gasteiger partial charge on any atom is 0.261 e. The standard InChI is InChI=1S/C32H43N5O2/c1-22(2)16-30(38)36-14-10-26(11-15-36)29(25-8-6-5-7-9-25)12-13-35-17-27-19-37(20-28(27)18-35)32(39)31-23(3)33-21-34-24(31)4/h5-9,19,21-22,26,28-29H,10-18,20H2,1-4H3. The highest BCUT2D eigenvalue weighted by Gasteiger charge is 2.37. The van der Waals surface area contributed by atoms with Crippen molar-refractivity contribution in [2.45, 2.75) is 59.3 Å². The van der Waals surface area contributed by atoms with E-state index in [-0.39, 0.29) is 5.91 Å². The van der Waals surface area contributed by atoms with E-state index in [2.05, 4.69) is 70.1 Å². The van der Waals surface area contributed by atoms with E-state index in [0.717, 1.165) is 69.9 Å². The van der Waals surface area contributed by atoms with Crippen molar-refractivity contribution in [3.05, 3.63) is 70.9 Å². The van der Waals surface area contributed by atoms with Crippen LogP contribution in [0.3, 0.4) is 0 Å². The lowest BCUT2D eigenvalue weighted by molar-refractivity contribution is -0.133. The SMILES string of the molecule is Cc1ncnc(C)c1C(=O)N1C=C2CN(CCC(c3ccccc3)C3CCN(C(=O)CC(C)C)CC3)CC2C1. The molecule has 0 spiro atoms. The number of aromatic nitrogens is 2. The number of fused-ring (bicyclic) bond motifs is 1. The minimum absolute atomic E-state index is 0.0152. The number of carbonyl (C=O) groups excluding carboxylic acids is 2. The second-order valence-corrected chi connectivity index (χ2v) is 12.1. The van der Waals surface area contributed by atoms with Gasteiger partial charge in [-0.05, 0) is 68.5 Å². The van der Waals surface area contributed by atoms with Crippen LogP contribution in [0.5, 0.6) is 0 Å². The Kier molecular flexibility index (Phi) is 8.46. The molecule has 0 radical (unpaired) electrons. The molecule has 0 aliphatic carbocycles. The van der Waals surface area contributed by atoms with Gasteiger partial charge in [-0.25, -0.2) is 9.97 Å². The van der Waals surface area contributed by atoms with Crippen LogP contribution < -0.4 is 0 Å². The Morgan fingerprint density at radius 1 is 1.00 bits per heavy atom. The Labute approximate surface area is 233 Å². The normalized spacial score (nSPS) is 20.8. The summed E-state index contributed by atoms with van der Waals surface area (Å²) in [6, 6.07) is 11.0. The number of carbonyl (C=O) groups is 2. The number of likely N-dealkylation sites (tertiary alicyclic amines) is 2. The van der Waals surface area contributed by atoms with Crippen molar-refractivity contribution in [1.82, 2.24) is 24.7 Å². The Hall–Kier alpha value is -3.06. The molecule has 1 aromatic carbocycles. The molecular formula is C32H43N5O2. The van der Waals surface area contributed by atoms with Crippen molar-refractivity contribution in [2.24, 2.45) is 17.8 Å². The van der Waals surface area contributed by atoms with E-state index in [1.54, 1.807) is 0 Å². The fraction of sp³-hybridized carbons (Fsp3) is 0.562. The van der Waals surface area contributed by atoms with Crippen LogP contribution in [-0.2, 0) is 4.79 Å². The van der Waals surface area contributed by atoms with E-state index >= 15 is 0 Å². The first kappa shape index (κ1) is 27.5. The van der Waals surface area contributed by atoms with Crippen molar-refractivity contribution in [1.29, 1.82) is 0 Å². The second kappa shape index (κ2) is 12.0. The third-order valence-electron chi connectivity index (χ3n) is 8.88. The molecule has 2 amide bonds. The molecule has 208 valence electrons. The van der Waals surface area contributed by atoms with Crippen molar-refractivity contribution >= 4 is 11.8 Å². The maximum atomic E-state index is 13.2. The largest absolute Gasteiger partial charge is 0.343 e. The van der Waals surface area contributed by atoms with Gasteiger partial charge in [-0.1, -0.05) is 44.2 Å². The molecule has 0 bridgehead atoms. The number of nitrogens with zero attached hydrogens (tertiary/aromatic N) is 5. The van der Waals surface area contributed by atoms with Gasteiger partial charge in [0.2, 0.25) is 5.91 Å². The highest BCUT2D eigenvalue weighted by molar-refractivity contribution is 5.97. The number of amides is 2. The van der Waals surface area contributed by atoms with Gasteiger partial charge in [-0.2, -0.15) is 0 Å². The first-order valence-electron chi connectivity index (χ1n) is 14.6. The number of benzene rings is 1. The Bertz CT molecular complexity index is 1180. The summed E-state index contributed by atoms with van der Waals surface area (Å²) >= 11 is 0. The summed E-state index contributed by atoms with van der Waals surface area (Å²) in [6.45, 7) is 13.5. The average molecular weight is 530 g/mol. The van der Waals surface area contributed by atoms with E-state index < -0.39 is 0 Å². The Morgan fingerprint density at radius 3 is 2.33 bits per heavy atom. The molecule has 7 nitrogen and oxygen atoms in total. The van der Waals surface area contributed by atoms with Gasteiger partial charge in [-0.15, -0.1) is 0 Å². The molecule has 2 unspecified atom stereocenters. The summed E-state index contributed by atoms with van der Waals surface area (Å²) in [4.78, 5) is 40.8. The monoisotopic (exact) mass is 529 g/mol. The number of piperidine rings is 1. The van der Waals surface area contributed by atoms with Gasteiger partial charge >= 0.3 is 0 Å². The third-order valence-corrected chi connectivity index (χ3v) is 8.88. The highest BCUT2D eigenvalue weighted by Crippen LogP contribution is 2.37. The summed E-state index contributed by atoms with van der Waals surface area (Å²) < 4.78 is 0. The van der Waals surface area contributed by atoms with Gasteiger partial charge in [0.1, 0.15) is 6.33 Å². The third kappa shape index (κ3) is 6.24. The molecule has 2 saturated heterocycles. The Balaban J connectivity index is 1.19. The summed E-state index contributed by atoms with van der Waals surface area (Å²) in [5, 5.41) is 0. The van der Waals surface area contributed by atoms with E-state index in [1.807, 2.05) is 18.7 Å². The van der Waals surface area contributed by atoms with Crippen LogP contribution >= 0.6 is 0 Å². The summed E-state index contributed by atoms with van der Waals surface area (Å²) in [5.41, 5.74) is 4.91. The van der Waals surface area contributed by atoms with E-state index in [9.17, 15) is 9.59 Å². The summed E-state index contributed by atoms with van der Waals surface area (Å²) in [7, 11) is 0. The topological polar surface area (TPSA) is 69.6 Å². The molecular weight excluding hydrogens is 486 g/mol. The van der Waals surface area contributed by atoms with Gasteiger partial charge in [0, 0.05) is 51.3 Å². The van der Waals surface area contributed by atoms with E-state index in [1.165, 1.54) is 17.5 Å². The van der Waals surface area contributed by atoms with Crippen LogP contribution in [0.4, 0.5) is 0 Å². The van der Waals surface area contributed by atoms with Gasteiger partial charge < -0.3 is 9.80 Å². The van der Waals surface area contributed by atoms with Gasteiger partial charge in [0.25, 0.3) is 5.91 Å². The molecule has 2 fully saturated rings. The zero-order valence-corrected chi connectivity index (χ0v) is 24.0. The number of hydrogen-bond donors (Lipinski definition) is 0. The maximum absolute atomic E-state index is 13.2. The lowest BCUT2D eigenvalue weighted by Gasteiger charge is -2.37. The fourth-order valence-corrected chi connectivity index (χ4v) is 6.78. The van der Waals surface area contributed by atoms with Crippen molar-refractivity contribution < 1.29 is 9.59 Å². The van der Waals surface area contributed by atoms with Crippen LogP contribution in [0.15, 0.2) is 48.4 Å². The number of aryl methyl sites for hydroxylation is 2. The fourth-order valence-electron chi connectivity index (χ4n) is 6.78. The van der Waals surface area contributed by atoms with Gasteiger partial charge in [0.05, 0.1) is 17.0 Å². The second-order valence-electron chi connectivity index (χ2n) is 12.1. The van der Waals surface area contributed by atoms with Crippen molar-refractivity contribution in [3.8, 4) is 0 Å². The Morgan fingerprint density at radius 2 is 1.69 bits per heavy atom. The molecule has 0 N–H and O–H groups in total. The van der Waals surface area contributed by atoms with Crippen molar-refractivity contribution in [2.75, 3.05) is 39.3 Å². The minimum atomic E-state index is 0.0152. The molecule has 3 aliphatic rings. The number of hydrogen-bond acceptors (Lipinski definition) is 5. The molecule has 39 heavy (non-hydrogen) atoms. The van der Waals surface area contributed by atoms with Gasteiger partial charge in [0.15, 0.2) is 0 Å². The average Bonchev–Trinajstić information content (AvgIpc) is 3.48. The summed E-state index contributed by atoms with van der Waals surface area (Å²) in [6.07, 6.45) is 7.54. The van der Waals surface area contributed by atoms with Crippen LogP contribution in [0.25, 0.3) is 0 Å². The minimum Gasteiger partial charge on any atom is -0.343 e. The molecule has 7 heteroatoms. The smallest absolute Gasteiger partial charge is 0.261 e. The zero-order valence-electron chi connectivity index (χ0n) is 24.0. The molecule has 3 aliphatic heterocycles. The molecule has 4 heterocycles. The van der Waals surface area contributed by atoms with Crippen LogP contribution in [0.2, 0.25) is 0 Å². The van der Waals surface area contributed by atoms with E-state index in [4.69, 9.17) is 0 Å². The zero-order chi connectivity index (χ0) is 27.5. The van der Waals surface area contributed by atoms with Crippen molar-refractivity contribution in [3.63, 3.8) is 0 Å². The molecule has 2 aromatic rings. The predicted octanol–water partition coefficient (Wildman–Crippen LogP) is 4.82. The first-order valence-corrected chi connectivity index (χ1v) is 14.6. The number of rotatable bonds is 8. The van der Waals surface area contributed by atoms with Crippen LogP contribution in [0, 0.1) is 31.6 Å². The first-order chi connectivity index (χ1) is 18.8. The van der Waals surface area contributed by atoms with Crippen LogP contribution in [0.1, 0.15) is 72.8 Å². The molecule has 2 atom stereocenters. The lowest BCUT2D eigenvalue weighted by Crippen LogP contribution is -2.40. The molecule has 5 rings (SSSR count). The highest BCUT2D eigenvalue weighted by atomic mass is 16.2. The molecule has 0 saturated carbocycles. The predicted molar refractivity (Wildman–Crippen MR) is 153 cm³/mol. The van der Waals surface area contributed by atoms with Crippen LogP contribution in [-0.4, -0.2) is 75.8 Å². The quantitative estimate of drug-likeness (QED) is 0.490. The summed E-state index contributed by atoms with van der Waals surface area (Å²) in [5.74, 6) is 2.25. The lowest BCUT2D eigenvalue weighted by atomic mass is 9.78. The molecule has 1 aromatic heterocycles. The van der Waals surface area contributed by atoms with E-state index in [0.29, 0.717) is 41.6 Å².